The van der Waals surface area contributed by atoms with Gasteiger partial charge in [0, 0.05) is 32.6 Å². The van der Waals surface area contributed by atoms with E-state index < -0.39 is 17.0 Å². The highest BCUT2D eigenvalue weighted by molar-refractivity contribution is 5.93. The number of amides is 3. The Kier molecular flexibility index (Phi) is 7.83. The largest absolute Gasteiger partial charge is 0.345 e. The molecular weight excluding hydrogens is 464 g/mol. The van der Waals surface area contributed by atoms with Crippen LogP contribution in [0.3, 0.4) is 0 Å². The number of piperidine rings is 1. The Bertz CT molecular complexity index is 1140. The van der Waals surface area contributed by atoms with Crippen LogP contribution in [0.1, 0.15) is 50.2 Å². The Labute approximate surface area is 219 Å². The third-order valence-corrected chi connectivity index (χ3v) is 7.60. The second kappa shape index (κ2) is 10.9. The van der Waals surface area contributed by atoms with Gasteiger partial charge in [-0.25, -0.2) is 0 Å². The molecule has 2 heterocycles. The van der Waals surface area contributed by atoms with Gasteiger partial charge in [0.2, 0.25) is 17.7 Å². The van der Waals surface area contributed by atoms with E-state index in [0.717, 1.165) is 24.0 Å². The zero-order chi connectivity index (χ0) is 26.6. The summed E-state index contributed by atoms with van der Waals surface area (Å²) < 4.78 is 0. The Morgan fingerprint density at radius 2 is 1.78 bits per heavy atom. The van der Waals surface area contributed by atoms with Crippen molar-refractivity contribution in [2.45, 2.75) is 50.6 Å². The molecule has 196 valence electrons. The van der Waals surface area contributed by atoms with E-state index >= 15 is 0 Å². The molecule has 2 aromatic carbocycles. The molecule has 2 unspecified atom stereocenters. The molecule has 37 heavy (non-hydrogen) atoms. The van der Waals surface area contributed by atoms with Crippen LogP contribution in [0.2, 0.25) is 0 Å². The molecule has 4 rings (SSSR count). The Hall–Kier alpha value is -3.45. The van der Waals surface area contributed by atoms with Gasteiger partial charge in [-0.1, -0.05) is 72.8 Å². The van der Waals surface area contributed by atoms with Crippen LogP contribution >= 0.6 is 0 Å². The molecule has 7 nitrogen and oxygen atoms in total. The van der Waals surface area contributed by atoms with Gasteiger partial charge in [0.05, 0.1) is 11.0 Å². The summed E-state index contributed by atoms with van der Waals surface area (Å²) in [5.41, 5.74) is 6.39. The van der Waals surface area contributed by atoms with E-state index in [2.05, 4.69) is 17.4 Å². The molecule has 3 atom stereocenters. The highest BCUT2D eigenvalue weighted by atomic mass is 16.2. The summed E-state index contributed by atoms with van der Waals surface area (Å²) in [5, 5.41) is 2.88. The van der Waals surface area contributed by atoms with Gasteiger partial charge in [-0.2, -0.15) is 0 Å². The van der Waals surface area contributed by atoms with Crippen molar-refractivity contribution in [3.8, 4) is 0 Å². The molecule has 1 spiro atoms. The van der Waals surface area contributed by atoms with Crippen molar-refractivity contribution in [2.24, 2.45) is 11.1 Å². The van der Waals surface area contributed by atoms with Gasteiger partial charge in [0.1, 0.15) is 6.04 Å². The molecule has 3 amide bonds. The van der Waals surface area contributed by atoms with Crippen molar-refractivity contribution in [3.05, 3.63) is 77.9 Å². The summed E-state index contributed by atoms with van der Waals surface area (Å²) in [6.07, 6.45) is 5.65. The van der Waals surface area contributed by atoms with E-state index in [4.69, 9.17) is 5.73 Å². The lowest BCUT2D eigenvalue weighted by atomic mass is 9.69. The first-order valence-corrected chi connectivity index (χ1v) is 13.0. The maximum Gasteiger partial charge on any atom is 0.245 e. The minimum absolute atomic E-state index is 0.00999. The summed E-state index contributed by atoms with van der Waals surface area (Å²) in [6.45, 7) is 4.77. The number of nitrogens with two attached hydrogens (primary N) is 1. The van der Waals surface area contributed by atoms with Gasteiger partial charge in [-0.15, -0.1) is 0 Å². The molecule has 0 aromatic heterocycles. The molecule has 0 saturated carbocycles. The summed E-state index contributed by atoms with van der Waals surface area (Å²) in [7, 11) is 1.84. The van der Waals surface area contributed by atoms with Crippen LogP contribution < -0.4 is 11.1 Å². The number of benzene rings is 2. The molecule has 3 N–H and O–H groups in total. The molecule has 2 fully saturated rings. The van der Waals surface area contributed by atoms with Crippen molar-refractivity contribution in [1.82, 2.24) is 15.1 Å². The van der Waals surface area contributed by atoms with Crippen LogP contribution in [-0.2, 0) is 14.4 Å². The summed E-state index contributed by atoms with van der Waals surface area (Å²) in [4.78, 5) is 43.8. The monoisotopic (exact) mass is 502 g/mol. The maximum atomic E-state index is 13.9. The van der Waals surface area contributed by atoms with Crippen LogP contribution in [0.4, 0.5) is 0 Å². The van der Waals surface area contributed by atoms with Gasteiger partial charge < -0.3 is 20.9 Å². The normalized spacial score (nSPS) is 23.0. The number of hydrogen-bond acceptors (Lipinski definition) is 4. The zero-order valence-electron chi connectivity index (χ0n) is 22.0. The fourth-order valence-electron chi connectivity index (χ4n) is 5.59. The number of nitrogens with one attached hydrogen (secondary N) is 1. The van der Waals surface area contributed by atoms with Gasteiger partial charge in [-0.05, 0) is 44.2 Å². The summed E-state index contributed by atoms with van der Waals surface area (Å²) >= 11 is 0. The van der Waals surface area contributed by atoms with E-state index in [-0.39, 0.29) is 23.6 Å². The predicted octanol–water partition coefficient (Wildman–Crippen LogP) is 3.18. The number of carbonyl (C=O) groups excluding carboxylic acids is 3. The third kappa shape index (κ3) is 5.77. The second-order valence-electron chi connectivity index (χ2n) is 11.0. The molecule has 2 saturated heterocycles. The van der Waals surface area contributed by atoms with Crippen LogP contribution in [0.25, 0.3) is 6.08 Å². The quantitative estimate of drug-likeness (QED) is 0.608. The number of rotatable bonds is 7. The third-order valence-electron chi connectivity index (χ3n) is 7.60. The van der Waals surface area contributed by atoms with E-state index in [1.54, 1.807) is 23.6 Å². The fraction of sp³-hybridized carbons (Fsp3) is 0.433. The topological polar surface area (TPSA) is 95.7 Å². The first-order chi connectivity index (χ1) is 17.6. The lowest BCUT2D eigenvalue weighted by Crippen LogP contribution is -2.59. The van der Waals surface area contributed by atoms with Crippen molar-refractivity contribution >= 4 is 23.8 Å². The van der Waals surface area contributed by atoms with E-state index in [1.165, 1.54) is 0 Å². The van der Waals surface area contributed by atoms with E-state index in [9.17, 15) is 14.4 Å². The van der Waals surface area contributed by atoms with Crippen LogP contribution in [-0.4, -0.2) is 65.8 Å². The molecule has 2 aliphatic heterocycles. The van der Waals surface area contributed by atoms with Crippen molar-refractivity contribution in [2.75, 3.05) is 26.7 Å². The average molecular weight is 503 g/mol. The van der Waals surface area contributed by atoms with Crippen molar-refractivity contribution < 1.29 is 14.4 Å². The standard InChI is InChI=1S/C30H38N4O3/c1-29(2,31)27(36)32-25(17-10-14-22-12-6-4-7-13-22)26(35)34-19-11-18-30(21-34)24(20-33(3)28(30)37)23-15-8-5-9-16-23/h4-10,12-16,24-25H,11,17-21,31H2,1-3H3,(H,32,36)/b14-10+/t24?,25-,30?/m1/s1. The van der Waals surface area contributed by atoms with Crippen molar-refractivity contribution in [1.29, 1.82) is 0 Å². The molecule has 2 aliphatic rings. The minimum atomic E-state index is -1.12. The molecule has 0 radical (unpaired) electrons. The number of likely N-dealkylation sites (N-methyl/N-ethyl adjacent to an activating group) is 1. The fourth-order valence-corrected chi connectivity index (χ4v) is 5.59. The average Bonchev–Trinajstić information content (AvgIpc) is 3.13. The van der Waals surface area contributed by atoms with Crippen LogP contribution in [0.15, 0.2) is 66.7 Å². The number of nitrogens with zero attached hydrogens (tertiary/aromatic N) is 2. The van der Waals surface area contributed by atoms with Crippen molar-refractivity contribution in [3.63, 3.8) is 0 Å². The summed E-state index contributed by atoms with van der Waals surface area (Å²) in [5.74, 6) is -0.463. The summed E-state index contributed by atoms with van der Waals surface area (Å²) in [6, 6.07) is 19.2. The first-order valence-electron chi connectivity index (χ1n) is 13.0. The van der Waals surface area contributed by atoms with E-state index in [1.807, 2.05) is 67.7 Å². The van der Waals surface area contributed by atoms with Gasteiger partial charge in [0.15, 0.2) is 0 Å². The highest BCUT2D eigenvalue weighted by Gasteiger charge is 2.55. The van der Waals surface area contributed by atoms with Gasteiger partial charge in [0.25, 0.3) is 0 Å². The Balaban J connectivity index is 1.58. The number of likely N-dealkylation sites (tertiary alicyclic amines) is 2. The molecule has 0 aliphatic carbocycles. The van der Waals surface area contributed by atoms with Crippen LogP contribution in [0, 0.1) is 5.41 Å². The smallest absolute Gasteiger partial charge is 0.245 e. The zero-order valence-corrected chi connectivity index (χ0v) is 22.0. The molecule has 2 aromatic rings. The lowest BCUT2D eigenvalue weighted by molar-refractivity contribution is -0.145. The highest BCUT2D eigenvalue weighted by Crippen LogP contribution is 2.49. The first kappa shape index (κ1) is 26.6. The second-order valence-corrected chi connectivity index (χ2v) is 11.0. The minimum Gasteiger partial charge on any atom is -0.345 e. The Morgan fingerprint density at radius 1 is 1.14 bits per heavy atom. The van der Waals surface area contributed by atoms with Gasteiger partial charge >= 0.3 is 0 Å². The van der Waals surface area contributed by atoms with Gasteiger partial charge in [-0.3, -0.25) is 14.4 Å². The molecule has 7 heteroatoms. The molecular formula is C30H38N4O3. The van der Waals surface area contributed by atoms with E-state index in [0.29, 0.717) is 26.1 Å². The number of hydrogen-bond donors (Lipinski definition) is 2. The lowest BCUT2D eigenvalue weighted by Gasteiger charge is -2.43. The van der Waals surface area contributed by atoms with Crippen LogP contribution in [0.5, 0.6) is 0 Å². The Morgan fingerprint density at radius 3 is 2.43 bits per heavy atom. The predicted molar refractivity (Wildman–Crippen MR) is 145 cm³/mol. The number of carbonyl (C=O) groups is 3. The maximum absolute atomic E-state index is 13.9. The molecule has 0 bridgehead atoms. The SMILES string of the molecule is CN1CC(c2ccccc2)C2(CCCN(C(=O)[C@@H](C/C=C/c3ccccc3)NC(=O)C(C)(C)N)C2)C1=O.